The molecule has 5 rings (SSSR count). The number of ether oxygens (including phenoxy) is 4. The molecule has 0 amide bonds. The Kier molecular flexibility index (Phi) is 7.62. The maximum absolute atomic E-state index is 13.2. The molecule has 1 aliphatic heterocycles. The van der Waals surface area contributed by atoms with E-state index in [2.05, 4.69) is 6.07 Å². The number of fused-ring (bicyclic) bond motifs is 2. The highest BCUT2D eigenvalue weighted by molar-refractivity contribution is 5.98. The van der Waals surface area contributed by atoms with Crippen molar-refractivity contribution in [1.29, 1.82) is 5.26 Å². The molecule has 0 saturated carbocycles. The molecule has 210 valence electrons. The number of nitrogens with two attached hydrogens (primary N) is 1. The summed E-state index contributed by atoms with van der Waals surface area (Å²) < 4.78 is 29.1. The normalized spacial score (nSPS) is 14.3. The molecule has 41 heavy (non-hydrogen) atoms. The molecule has 1 aliphatic rings. The van der Waals surface area contributed by atoms with Crippen molar-refractivity contribution in [2.24, 2.45) is 5.73 Å². The molecule has 0 spiro atoms. The maximum Gasteiger partial charge on any atom is 0.379 e. The van der Waals surface area contributed by atoms with Crippen LogP contribution in [0.15, 0.2) is 64.4 Å². The molecule has 1 atom stereocenters. The topological polar surface area (TPSA) is 117 Å². The third-order valence-electron chi connectivity index (χ3n) is 7.02. The van der Waals surface area contributed by atoms with Gasteiger partial charge in [0.2, 0.25) is 11.6 Å². The van der Waals surface area contributed by atoms with E-state index in [0.717, 1.165) is 34.1 Å². The van der Waals surface area contributed by atoms with Crippen LogP contribution in [0.3, 0.4) is 0 Å². The monoisotopic (exact) mass is 552 g/mol. The first-order valence-electron chi connectivity index (χ1n) is 13.6. The lowest BCUT2D eigenvalue weighted by molar-refractivity contribution is 0.0702. The molecular weight excluding hydrogens is 520 g/mol. The zero-order valence-electron chi connectivity index (χ0n) is 23.8. The quantitative estimate of drug-likeness (QED) is 0.184. The lowest BCUT2D eigenvalue weighted by Crippen LogP contribution is -2.21. The van der Waals surface area contributed by atoms with Crippen LogP contribution >= 0.6 is 0 Å². The van der Waals surface area contributed by atoms with Gasteiger partial charge in [-0.05, 0) is 75.1 Å². The fraction of sp³-hybridized carbons (Fsp3) is 0.273. The van der Waals surface area contributed by atoms with Crippen LogP contribution in [0.25, 0.3) is 11.0 Å². The minimum Gasteiger partial charge on any atom is -0.490 e. The van der Waals surface area contributed by atoms with Crippen molar-refractivity contribution in [2.75, 3.05) is 13.2 Å². The molecular formula is C33H32N2O6. The smallest absolute Gasteiger partial charge is 0.379 e. The van der Waals surface area contributed by atoms with Crippen molar-refractivity contribution in [3.05, 3.63) is 93.6 Å². The summed E-state index contributed by atoms with van der Waals surface area (Å²) in [6.07, 6.45) is 0.862. The average Bonchev–Trinajstić information content (AvgIpc) is 3.27. The van der Waals surface area contributed by atoms with Gasteiger partial charge in [-0.15, -0.1) is 0 Å². The summed E-state index contributed by atoms with van der Waals surface area (Å²) in [5, 5.41) is 10.9. The first kappa shape index (κ1) is 27.7. The summed E-state index contributed by atoms with van der Waals surface area (Å²) in [5.41, 5.74) is 11.4. The van der Waals surface area contributed by atoms with Crippen molar-refractivity contribution in [1.82, 2.24) is 0 Å². The summed E-state index contributed by atoms with van der Waals surface area (Å²) in [7, 11) is 0. The Morgan fingerprint density at radius 3 is 2.56 bits per heavy atom. The highest BCUT2D eigenvalue weighted by Crippen LogP contribution is 2.45. The number of hydrogen-bond donors (Lipinski definition) is 1. The van der Waals surface area contributed by atoms with Crippen molar-refractivity contribution < 1.29 is 28.2 Å². The zero-order chi connectivity index (χ0) is 29.3. The molecule has 0 aliphatic carbocycles. The van der Waals surface area contributed by atoms with Crippen LogP contribution in [-0.2, 0) is 0 Å². The number of aryl methyl sites for hydroxylation is 3. The number of furan rings is 1. The number of hydrogen-bond acceptors (Lipinski definition) is 8. The lowest BCUT2D eigenvalue weighted by atomic mass is 9.83. The van der Waals surface area contributed by atoms with Crippen LogP contribution in [0.5, 0.6) is 23.0 Å². The number of carbonyl (C=O) groups is 1. The van der Waals surface area contributed by atoms with Crippen molar-refractivity contribution >= 4 is 16.9 Å². The predicted octanol–water partition coefficient (Wildman–Crippen LogP) is 6.98. The van der Waals surface area contributed by atoms with Crippen LogP contribution in [0.1, 0.15) is 64.6 Å². The van der Waals surface area contributed by atoms with Gasteiger partial charge in [-0.25, -0.2) is 4.79 Å². The van der Waals surface area contributed by atoms with E-state index in [-0.39, 0.29) is 23.0 Å². The molecule has 0 fully saturated rings. The summed E-state index contributed by atoms with van der Waals surface area (Å²) in [5.74, 6) is 0.848. The summed E-state index contributed by atoms with van der Waals surface area (Å²) >= 11 is 0. The molecule has 2 heterocycles. The largest absolute Gasteiger partial charge is 0.490 e. The number of allylic oxidation sites excluding steroid dienone is 1. The minimum absolute atomic E-state index is 0.0169. The predicted molar refractivity (Wildman–Crippen MR) is 155 cm³/mol. The van der Waals surface area contributed by atoms with E-state index in [4.69, 9.17) is 29.1 Å². The van der Waals surface area contributed by atoms with E-state index < -0.39 is 11.9 Å². The second kappa shape index (κ2) is 11.3. The third kappa shape index (κ3) is 5.19. The van der Waals surface area contributed by atoms with Crippen LogP contribution in [0.4, 0.5) is 0 Å². The van der Waals surface area contributed by atoms with Gasteiger partial charge in [0.1, 0.15) is 28.7 Å². The van der Waals surface area contributed by atoms with Gasteiger partial charge in [0.15, 0.2) is 11.5 Å². The van der Waals surface area contributed by atoms with Gasteiger partial charge in [0.05, 0.1) is 19.1 Å². The minimum atomic E-state index is -0.617. The molecule has 1 aromatic heterocycles. The van der Waals surface area contributed by atoms with Gasteiger partial charge in [0, 0.05) is 22.6 Å². The van der Waals surface area contributed by atoms with E-state index in [1.54, 1.807) is 18.2 Å². The zero-order valence-corrected chi connectivity index (χ0v) is 23.8. The molecule has 8 nitrogen and oxygen atoms in total. The maximum atomic E-state index is 13.2. The van der Waals surface area contributed by atoms with E-state index in [0.29, 0.717) is 41.6 Å². The standard InChI is InChI=1S/C33H32N2O6/c1-6-12-38-25-11-8-21(15-27(25)37-7-2)30-23-10-9-22(16-26(23)41-32(35)24(30)17-34)39-33(36)31-20(5)29-19(4)13-18(3)14-28(29)40-31/h8-11,13-16,30H,6-7,12,35H2,1-5H3. The van der Waals surface area contributed by atoms with Crippen LogP contribution in [0, 0.1) is 32.1 Å². The number of nitriles is 1. The summed E-state index contributed by atoms with van der Waals surface area (Å²) in [6.45, 7) is 10.8. The second-order valence-corrected chi connectivity index (χ2v) is 10.0. The Balaban J connectivity index is 1.49. The number of carbonyl (C=O) groups excluding carboxylic acids is 1. The number of esters is 1. The first-order chi connectivity index (χ1) is 19.7. The molecule has 4 aromatic rings. The molecule has 8 heteroatoms. The van der Waals surface area contributed by atoms with Crippen molar-refractivity contribution in [3.8, 4) is 29.1 Å². The van der Waals surface area contributed by atoms with Gasteiger partial charge in [0.25, 0.3) is 0 Å². The Morgan fingerprint density at radius 1 is 1.02 bits per heavy atom. The highest BCUT2D eigenvalue weighted by atomic mass is 16.5. The SMILES string of the molecule is CCCOc1ccc(C2C(C#N)=C(N)Oc3cc(OC(=O)c4oc5cc(C)cc(C)c5c4C)ccc32)cc1OCC. The van der Waals surface area contributed by atoms with Gasteiger partial charge < -0.3 is 29.1 Å². The molecule has 0 radical (unpaired) electrons. The summed E-state index contributed by atoms with van der Waals surface area (Å²) in [4.78, 5) is 13.2. The molecule has 0 saturated heterocycles. The average molecular weight is 553 g/mol. The Hall–Kier alpha value is -4.90. The lowest BCUT2D eigenvalue weighted by Gasteiger charge is -2.27. The van der Waals surface area contributed by atoms with E-state index in [1.165, 1.54) is 0 Å². The number of nitrogens with zero attached hydrogens (tertiary/aromatic N) is 1. The molecule has 3 aromatic carbocycles. The third-order valence-corrected chi connectivity index (χ3v) is 7.02. The second-order valence-electron chi connectivity index (χ2n) is 10.0. The molecule has 2 N–H and O–H groups in total. The highest BCUT2D eigenvalue weighted by Gasteiger charge is 2.32. The van der Waals surface area contributed by atoms with Crippen molar-refractivity contribution in [2.45, 2.75) is 47.0 Å². The van der Waals surface area contributed by atoms with Crippen molar-refractivity contribution in [3.63, 3.8) is 0 Å². The van der Waals surface area contributed by atoms with Crippen LogP contribution in [0.2, 0.25) is 0 Å². The Labute approximate surface area is 238 Å². The van der Waals surface area contributed by atoms with Crippen LogP contribution < -0.4 is 24.7 Å². The first-order valence-corrected chi connectivity index (χ1v) is 13.6. The van der Waals surface area contributed by atoms with E-state index in [9.17, 15) is 10.1 Å². The van der Waals surface area contributed by atoms with Gasteiger partial charge >= 0.3 is 5.97 Å². The Bertz CT molecular complexity index is 1730. The van der Waals surface area contributed by atoms with E-state index >= 15 is 0 Å². The van der Waals surface area contributed by atoms with Crippen LogP contribution in [-0.4, -0.2) is 19.2 Å². The number of rotatable bonds is 8. The van der Waals surface area contributed by atoms with Gasteiger partial charge in [-0.1, -0.05) is 25.1 Å². The van der Waals surface area contributed by atoms with E-state index in [1.807, 2.05) is 65.0 Å². The Morgan fingerprint density at radius 2 is 1.83 bits per heavy atom. The van der Waals surface area contributed by atoms with Gasteiger partial charge in [-0.3, -0.25) is 0 Å². The fourth-order valence-corrected chi connectivity index (χ4v) is 5.28. The number of benzene rings is 3. The molecule has 1 unspecified atom stereocenters. The molecule has 0 bridgehead atoms. The van der Waals surface area contributed by atoms with Gasteiger partial charge in [-0.2, -0.15) is 5.26 Å². The fourth-order valence-electron chi connectivity index (χ4n) is 5.28. The summed E-state index contributed by atoms with van der Waals surface area (Å²) in [6, 6.07) is 16.8.